The number of piperazine rings is 1. The maximum Gasteiger partial charge on any atom is 0.233 e. The fraction of sp³-hybridized carbons (Fsp3) is 0.533. The van der Waals surface area contributed by atoms with Crippen molar-refractivity contribution < 1.29 is 9.18 Å². The van der Waals surface area contributed by atoms with E-state index in [-0.39, 0.29) is 11.7 Å². The van der Waals surface area contributed by atoms with Gasteiger partial charge in [-0.1, -0.05) is 18.6 Å². The lowest BCUT2D eigenvalue weighted by atomic mass is 9.63. The Morgan fingerprint density at radius 3 is 2.58 bits per heavy atom. The van der Waals surface area contributed by atoms with Gasteiger partial charge in [0.15, 0.2) is 0 Å². The van der Waals surface area contributed by atoms with Gasteiger partial charge in [0.1, 0.15) is 5.82 Å². The van der Waals surface area contributed by atoms with E-state index in [1.54, 1.807) is 6.07 Å². The average molecular weight is 262 g/mol. The minimum atomic E-state index is -0.459. The van der Waals surface area contributed by atoms with Crippen molar-refractivity contribution in [1.82, 2.24) is 10.2 Å². The summed E-state index contributed by atoms with van der Waals surface area (Å²) in [7, 11) is 0. The van der Waals surface area contributed by atoms with Crippen molar-refractivity contribution in [3.05, 3.63) is 35.6 Å². The molecule has 4 heteroatoms. The van der Waals surface area contributed by atoms with Gasteiger partial charge in [-0.15, -0.1) is 0 Å². The zero-order chi connectivity index (χ0) is 13.3. The number of halogens is 1. The van der Waals surface area contributed by atoms with Gasteiger partial charge < -0.3 is 10.2 Å². The van der Waals surface area contributed by atoms with E-state index in [9.17, 15) is 9.18 Å². The summed E-state index contributed by atoms with van der Waals surface area (Å²) in [5.74, 6) is -0.0669. The van der Waals surface area contributed by atoms with Crippen LogP contribution in [0.1, 0.15) is 24.8 Å². The fourth-order valence-electron chi connectivity index (χ4n) is 3.11. The number of hydrogen-bond donors (Lipinski definition) is 1. The molecule has 1 heterocycles. The summed E-state index contributed by atoms with van der Waals surface area (Å²) < 4.78 is 13.4. The van der Waals surface area contributed by atoms with Crippen molar-refractivity contribution in [2.45, 2.75) is 24.7 Å². The smallest absolute Gasteiger partial charge is 0.233 e. The molecule has 1 aliphatic heterocycles. The first-order valence-corrected chi connectivity index (χ1v) is 6.98. The summed E-state index contributed by atoms with van der Waals surface area (Å²) >= 11 is 0. The lowest BCUT2D eigenvalue weighted by Gasteiger charge is -2.45. The molecule has 0 spiro atoms. The van der Waals surface area contributed by atoms with Crippen LogP contribution in [0, 0.1) is 5.82 Å². The Hall–Kier alpha value is -1.42. The predicted octanol–water partition coefficient (Wildman–Crippen LogP) is 1.68. The Labute approximate surface area is 112 Å². The van der Waals surface area contributed by atoms with Crippen LogP contribution in [0.3, 0.4) is 0 Å². The molecule has 2 aliphatic rings. The van der Waals surface area contributed by atoms with Gasteiger partial charge in [-0.05, 0) is 30.5 Å². The van der Waals surface area contributed by atoms with Gasteiger partial charge in [0.2, 0.25) is 5.91 Å². The van der Waals surface area contributed by atoms with Crippen LogP contribution in [0.15, 0.2) is 24.3 Å². The van der Waals surface area contributed by atoms with Crippen LogP contribution >= 0.6 is 0 Å². The molecule has 0 unspecified atom stereocenters. The van der Waals surface area contributed by atoms with Crippen LogP contribution in [0.2, 0.25) is 0 Å². The Morgan fingerprint density at radius 2 is 2.00 bits per heavy atom. The lowest BCUT2D eigenvalue weighted by Crippen LogP contribution is -2.56. The summed E-state index contributed by atoms with van der Waals surface area (Å²) in [6.45, 7) is 3.22. The topological polar surface area (TPSA) is 32.3 Å². The second-order valence-electron chi connectivity index (χ2n) is 5.49. The largest absolute Gasteiger partial charge is 0.339 e. The highest BCUT2D eigenvalue weighted by Crippen LogP contribution is 2.45. The highest BCUT2D eigenvalue weighted by Gasteiger charge is 2.47. The molecule has 1 aromatic carbocycles. The standard InChI is InChI=1S/C15H19FN2O/c16-13-4-1-3-12(11-13)15(5-2-6-15)14(19)18-9-7-17-8-10-18/h1,3-4,11,17H,2,5-10H2. The van der Waals surface area contributed by atoms with Crippen LogP contribution in [-0.4, -0.2) is 37.0 Å². The van der Waals surface area contributed by atoms with E-state index in [1.807, 2.05) is 11.0 Å². The van der Waals surface area contributed by atoms with E-state index in [1.165, 1.54) is 12.1 Å². The monoisotopic (exact) mass is 262 g/mol. The van der Waals surface area contributed by atoms with Crippen molar-refractivity contribution in [3.8, 4) is 0 Å². The molecule has 0 atom stereocenters. The molecular weight excluding hydrogens is 243 g/mol. The molecule has 3 rings (SSSR count). The third kappa shape index (κ3) is 2.14. The third-order valence-corrected chi connectivity index (χ3v) is 4.40. The quantitative estimate of drug-likeness (QED) is 0.879. The normalized spacial score (nSPS) is 21.8. The Bertz CT molecular complexity index is 479. The number of rotatable bonds is 2. The Kier molecular flexibility index (Phi) is 3.27. The van der Waals surface area contributed by atoms with Crippen LogP contribution in [0.25, 0.3) is 0 Å². The predicted molar refractivity (Wildman–Crippen MR) is 71.4 cm³/mol. The number of carbonyl (C=O) groups is 1. The SMILES string of the molecule is O=C(N1CCNCC1)C1(c2cccc(F)c2)CCC1. The van der Waals surface area contributed by atoms with Gasteiger partial charge >= 0.3 is 0 Å². The maximum absolute atomic E-state index is 13.4. The summed E-state index contributed by atoms with van der Waals surface area (Å²) in [5, 5.41) is 3.25. The first-order chi connectivity index (χ1) is 9.22. The Balaban J connectivity index is 1.88. The van der Waals surface area contributed by atoms with Crippen molar-refractivity contribution in [2.75, 3.05) is 26.2 Å². The molecule has 1 aromatic rings. The van der Waals surface area contributed by atoms with Gasteiger partial charge in [-0.25, -0.2) is 4.39 Å². The molecule has 102 valence electrons. The van der Waals surface area contributed by atoms with Crippen LogP contribution in [-0.2, 0) is 10.2 Å². The molecule has 1 N–H and O–H groups in total. The summed E-state index contributed by atoms with van der Waals surface area (Å²) in [6, 6.07) is 6.56. The van der Waals surface area contributed by atoms with Crippen molar-refractivity contribution in [1.29, 1.82) is 0 Å². The Morgan fingerprint density at radius 1 is 1.26 bits per heavy atom. The van der Waals surface area contributed by atoms with Gasteiger partial charge in [0.25, 0.3) is 0 Å². The molecule has 0 aromatic heterocycles. The number of benzene rings is 1. The second kappa shape index (κ2) is 4.93. The molecule has 0 radical (unpaired) electrons. The molecule has 3 nitrogen and oxygen atoms in total. The second-order valence-corrected chi connectivity index (χ2v) is 5.49. The van der Waals surface area contributed by atoms with Gasteiger partial charge in [0.05, 0.1) is 5.41 Å². The summed E-state index contributed by atoms with van der Waals surface area (Å²) in [4.78, 5) is 14.7. The van der Waals surface area contributed by atoms with E-state index >= 15 is 0 Å². The summed E-state index contributed by atoms with van der Waals surface area (Å²) in [6.07, 6.45) is 2.74. The lowest BCUT2D eigenvalue weighted by molar-refractivity contribution is -0.141. The first-order valence-electron chi connectivity index (χ1n) is 6.98. The molecular formula is C15H19FN2O. The van der Waals surface area contributed by atoms with E-state index in [0.29, 0.717) is 0 Å². The zero-order valence-electron chi connectivity index (χ0n) is 11.0. The van der Waals surface area contributed by atoms with Gasteiger partial charge in [-0.2, -0.15) is 0 Å². The number of carbonyl (C=O) groups excluding carboxylic acids is 1. The molecule has 1 saturated carbocycles. The summed E-state index contributed by atoms with van der Waals surface area (Å²) in [5.41, 5.74) is 0.390. The average Bonchev–Trinajstić information content (AvgIpc) is 2.38. The molecule has 19 heavy (non-hydrogen) atoms. The maximum atomic E-state index is 13.4. The van der Waals surface area contributed by atoms with E-state index in [4.69, 9.17) is 0 Å². The molecule has 1 amide bonds. The highest BCUT2D eigenvalue weighted by molar-refractivity contribution is 5.89. The van der Waals surface area contributed by atoms with Crippen LogP contribution in [0.4, 0.5) is 4.39 Å². The van der Waals surface area contributed by atoms with Crippen LogP contribution < -0.4 is 5.32 Å². The van der Waals surface area contributed by atoms with Gasteiger partial charge in [-0.3, -0.25) is 4.79 Å². The first kappa shape index (κ1) is 12.6. The third-order valence-electron chi connectivity index (χ3n) is 4.40. The van der Waals surface area contributed by atoms with Crippen LogP contribution in [0.5, 0.6) is 0 Å². The van der Waals surface area contributed by atoms with Crippen molar-refractivity contribution in [3.63, 3.8) is 0 Å². The van der Waals surface area contributed by atoms with E-state index < -0.39 is 5.41 Å². The van der Waals surface area contributed by atoms with Crippen molar-refractivity contribution >= 4 is 5.91 Å². The number of amides is 1. The van der Waals surface area contributed by atoms with Crippen molar-refractivity contribution in [2.24, 2.45) is 0 Å². The molecule has 1 saturated heterocycles. The molecule has 0 bridgehead atoms. The van der Waals surface area contributed by atoms with E-state index in [2.05, 4.69) is 5.32 Å². The zero-order valence-corrected chi connectivity index (χ0v) is 11.0. The number of nitrogens with zero attached hydrogens (tertiary/aromatic N) is 1. The molecule has 1 aliphatic carbocycles. The minimum Gasteiger partial charge on any atom is -0.339 e. The van der Waals surface area contributed by atoms with E-state index in [0.717, 1.165) is 51.0 Å². The number of nitrogens with one attached hydrogen (secondary N) is 1. The molecule has 2 fully saturated rings. The fourth-order valence-corrected chi connectivity index (χ4v) is 3.11. The van der Waals surface area contributed by atoms with Gasteiger partial charge in [0, 0.05) is 26.2 Å². The highest BCUT2D eigenvalue weighted by atomic mass is 19.1. The minimum absolute atomic E-state index is 0.186. The number of hydrogen-bond acceptors (Lipinski definition) is 2.